The number of carbonyl (C=O) groups is 1. The van der Waals surface area contributed by atoms with Crippen molar-refractivity contribution in [3.8, 4) is 0 Å². The fraction of sp³-hybridized carbons (Fsp3) is 0.200. The first-order valence-corrected chi connectivity index (χ1v) is 7.83. The molecule has 0 aliphatic carbocycles. The zero-order valence-electron chi connectivity index (χ0n) is 14.0. The number of hydrogen-bond donors (Lipinski definition) is 1. The van der Waals surface area contributed by atoms with E-state index in [-0.39, 0.29) is 12.5 Å². The molecule has 0 aliphatic heterocycles. The molecule has 0 saturated heterocycles. The van der Waals surface area contributed by atoms with Crippen LogP contribution in [0.3, 0.4) is 0 Å². The van der Waals surface area contributed by atoms with Crippen molar-refractivity contribution in [3.63, 3.8) is 0 Å². The molecule has 4 nitrogen and oxygen atoms in total. The van der Waals surface area contributed by atoms with E-state index in [2.05, 4.69) is 5.32 Å². The molecule has 0 unspecified atom stereocenters. The summed E-state index contributed by atoms with van der Waals surface area (Å²) in [5.41, 5.74) is 4.70. The van der Waals surface area contributed by atoms with Gasteiger partial charge >= 0.3 is 5.63 Å². The van der Waals surface area contributed by atoms with Crippen molar-refractivity contribution in [2.75, 3.05) is 0 Å². The first-order valence-electron chi connectivity index (χ1n) is 7.83. The molecule has 0 spiro atoms. The van der Waals surface area contributed by atoms with E-state index in [1.165, 1.54) is 6.07 Å². The predicted octanol–water partition coefficient (Wildman–Crippen LogP) is 3.65. The van der Waals surface area contributed by atoms with Crippen LogP contribution < -0.4 is 10.9 Å². The number of rotatable bonds is 3. The molecule has 24 heavy (non-hydrogen) atoms. The second kappa shape index (κ2) is 6.32. The lowest BCUT2D eigenvalue weighted by molar-refractivity contribution is 0.0951. The molecule has 1 aromatic heterocycles. The highest BCUT2D eigenvalue weighted by Gasteiger charge is 2.10. The number of benzene rings is 2. The number of nitrogens with one attached hydrogen (secondary N) is 1. The average molecular weight is 321 g/mol. The highest BCUT2D eigenvalue weighted by atomic mass is 16.4. The lowest BCUT2D eigenvalue weighted by atomic mass is 10.0. The van der Waals surface area contributed by atoms with Crippen LogP contribution in [0, 0.1) is 20.8 Å². The first kappa shape index (κ1) is 16.0. The molecule has 0 atom stereocenters. The molecular formula is C20H19NO3. The van der Waals surface area contributed by atoms with Gasteiger partial charge in [-0.15, -0.1) is 0 Å². The Morgan fingerprint density at radius 2 is 1.79 bits per heavy atom. The van der Waals surface area contributed by atoms with Gasteiger partial charge in [-0.05, 0) is 61.7 Å². The zero-order chi connectivity index (χ0) is 17.3. The minimum Gasteiger partial charge on any atom is -0.423 e. The Kier molecular flexibility index (Phi) is 4.21. The van der Waals surface area contributed by atoms with Crippen LogP contribution in [0.1, 0.15) is 32.6 Å². The molecule has 2 aromatic carbocycles. The van der Waals surface area contributed by atoms with Crippen LogP contribution in [0.4, 0.5) is 0 Å². The van der Waals surface area contributed by atoms with Crippen molar-refractivity contribution in [3.05, 3.63) is 80.7 Å². The van der Waals surface area contributed by atoms with Crippen molar-refractivity contribution in [1.82, 2.24) is 5.32 Å². The molecule has 0 bridgehead atoms. The van der Waals surface area contributed by atoms with E-state index in [1.807, 2.05) is 51.1 Å². The fourth-order valence-electron chi connectivity index (χ4n) is 2.69. The van der Waals surface area contributed by atoms with E-state index in [4.69, 9.17) is 4.42 Å². The Labute approximate surface area is 140 Å². The summed E-state index contributed by atoms with van der Waals surface area (Å²) < 4.78 is 5.28. The summed E-state index contributed by atoms with van der Waals surface area (Å²) >= 11 is 0. The highest BCUT2D eigenvalue weighted by molar-refractivity contribution is 5.94. The van der Waals surface area contributed by atoms with E-state index in [0.717, 1.165) is 27.6 Å². The Balaban J connectivity index is 1.91. The van der Waals surface area contributed by atoms with Crippen LogP contribution >= 0.6 is 0 Å². The SMILES string of the molecule is Cc1cccc(C(=O)NCc2cc(=O)oc3cc(C)c(C)cc23)c1. The molecule has 0 fully saturated rings. The molecule has 0 saturated carbocycles. The van der Waals surface area contributed by atoms with Gasteiger partial charge in [-0.3, -0.25) is 4.79 Å². The lowest BCUT2D eigenvalue weighted by Crippen LogP contribution is -2.23. The number of amides is 1. The number of aryl methyl sites for hydroxylation is 3. The summed E-state index contributed by atoms with van der Waals surface area (Å²) in [6.45, 7) is 6.20. The molecule has 1 amide bonds. The van der Waals surface area contributed by atoms with Gasteiger partial charge in [0.25, 0.3) is 5.91 Å². The van der Waals surface area contributed by atoms with Crippen LogP contribution in [0.25, 0.3) is 11.0 Å². The van der Waals surface area contributed by atoms with E-state index in [0.29, 0.717) is 11.1 Å². The summed E-state index contributed by atoms with van der Waals surface area (Å²) in [5, 5.41) is 3.73. The van der Waals surface area contributed by atoms with Gasteiger partial charge in [0.1, 0.15) is 5.58 Å². The summed E-state index contributed by atoms with van der Waals surface area (Å²) in [4.78, 5) is 24.1. The monoisotopic (exact) mass is 321 g/mol. The first-order chi connectivity index (χ1) is 11.4. The second-order valence-corrected chi connectivity index (χ2v) is 6.08. The van der Waals surface area contributed by atoms with E-state index >= 15 is 0 Å². The van der Waals surface area contributed by atoms with E-state index in [9.17, 15) is 9.59 Å². The molecular weight excluding hydrogens is 302 g/mol. The molecule has 3 aromatic rings. The molecule has 1 N–H and O–H groups in total. The summed E-state index contributed by atoms with van der Waals surface area (Å²) in [7, 11) is 0. The lowest BCUT2D eigenvalue weighted by Gasteiger charge is -2.10. The van der Waals surface area contributed by atoms with Gasteiger partial charge in [-0.1, -0.05) is 17.7 Å². The summed E-state index contributed by atoms with van der Waals surface area (Å²) in [6.07, 6.45) is 0. The fourth-order valence-corrected chi connectivity index (χ4v) is 2.69. The molecule has 0 radical (unpaired) electrons. The minimum atomic E-state index is -0.412. The normalized spacial score (nSPS) is 10.8. The molecule has 122 valence electrons. The van der Waals surface area contributed by atoms with Gasteiger partial charge in [-0.2, -0.15) is 0 Å². The van der Waals surface area contributed by atoms with Crippen LogP contribution in [-0.2, 0) is 6.54 Å². The zero-order valence-corrected chi connectivity index (χ0v) is 14.0. The molecule has 1 heterocycles. The maximum absolute atomic E-state index is 12.3. The van der Waals surface area contributed by atoms with Crippen molar-refractivity contribution >= 4 is 16.9 Å². The Hall–Kier alpha value is -2.88. The third kappa shape index (κ3) is 3.23. The average Bonchev–Trinajstić information content (AvgIpc) is 2.54. The second-order valence-electron chi connectivity index (χ2n) is 6.08. The number of hydrogen-bond acceptors (Lipinski definition) is 3. The predicted molar refractivity (Wildman–Crippen MR) is 94.3 cm³/mol. The largest absolute Gasteiger partial charge is 0.423 e. The van der Waals surface area contributed by atoms with Gasteiger partial charge in [0.05, 0.1) is 0 Å². The third-order valence-corrected chi connectivity index (χ3v) is 4.16. The minimum absolute atomic E-state index is 0.163. The quantitative estimate of drug-likeness (QED) is 0.749. The van der Waals surface area contributed by atoms with Gasteiger partial charge in [-0.25, -0.2) is 4.79 Å². The molecule has 4 heteroatoms. The molecule has 3 rings (SSSR count). The summed E-state index contributed by atoms with van der Waals surface area (Å²) in [6, 6.07) is 12.7. The van der Waals surface area contributed by atoms with Crippen molar-refractivity contribution in [2.45, 2.75) is 27.3 Å². The van der Waals surface area contributed by atoms with Crippen LogP contribution in [-0.4, -0.2) is 5.91 Å². The standard InChI is InChI=1S/C20H19NO3/c1-12-5-4-6-15(7-12)20(23)21-11-16-10-19(22)24-18-9-14(3)13(2)8-17(16)18/h4-10H,11H2,1-3H3,(H,21,23). The van der Waals surface area contributed by atoms with Gasteiger partial charge < -0.3 is 9.73 Å². The smallest absolute Gasteiger partial charge is 0.336 e. The van der Waals surface area contributed by atoms with Crippen molar-refractivity contribution in [2.24, 2.45) is 0 Å². The van der Waals surface area contributed by atoms with E-state index < -0.39 is 5.63 Å². The molecule has 0 aliphatic rings. The Bertz CT molecular complexity index is 986. The Morgan fingerprint density at radius 1 is 1.04 bits per heavy atom. The highest BCUT2D eigenvalue weighted by Crippen LogP contribution is 2.21. The van der Waals surface area contributed by atoms with Crippen LogP contribution in [0.2, 0.25) is 0 Å². The van der Waals surface area contributed by atoms with Gasteiger partial charge in [0.15, 0.2) is 0 Å². The maximum Gasteiger partial charge on any atom is 0.336 e. The maximum atomic E-state index is 12.3. The van der Waals surface area contributed by atoms with Crippen molar-refractivity contribution < 1.29 is 9.21 Å². The van der Waals surface area contributed by atoms with Crippen LogP contribution in [0.5, 0.6) is 0 Å². The number of fused-ring (bicyclic) bond motifs is 1. The Morgan fingerprint density at radius 3 is 2.54 bits per heavy atom. The number of carbonyl (C=O) groups excluding carboxylic acids is 1. The van der Waals surface area contributed by atoms with Gasteiger partial charge in [0, 0.05) is 23.6 Å². The van der Waals surface area contributed by atoms with Gasteiger partial charge in [0.2, 0.25) is 0 Å². The van der Waals surface area contributed by atoms with Crippen LogP contribution in [0.15, 0.2) is 51.7 Å². The topological polar surface area (TPSA) is 59.3 Å². The van der Waals surface area contributed by atoms with Crippen molar-refractivity contribution in [1.29, 1.82) is 0 Å². The third-order valence-electron chi connectivity index (χ3n) is 4.16. The van der Waals surface area contributed by atoms with E-state index in [1.54, 1.807) is 6.07 Å². The summed E-state index contributed by atoms with van der Waals surface area (Å²) in [5.74, 6) is -0.163.